The number of allylic oxidation sites excluding steroid dienone is 9. The lowest BCUT2D eigenvalue weighted by molar-refractivity contribution is 0.0948. The molecule has 0 aromatic carbocycles. The number of rotatable bonds is 5. The Morgan fingerprint density at radius 1 is 1.06 bits per heavy atom. The lowest BCUT2D eigenvalue weighted by atomic mass is 9.99. The molecule has 2 N–H and O–H groups in total. The highest BCUT2D eigenvalue weighted by atomic mass is 19.3. The molecule has 2 fully saturated rings. The predicted octanol–water partition coefficient (Wildman–Crippen LogP) is 8.57. The second-order valence-corrected chi connectivity index (χ2v) is 9.11. The molecule has 1 aromatic heterocycles. The Kier molecular flexibility index (Phi) is 9.79. The molecule has 2 aliphatic carbocycles. The zero-order valence-electron chi connectivity index (χ0n) is 22.8. The Labute approximate surface area is 210 Å². The van der Waals surface area contributed by atoms with Crippen molar-refractivity contribution in [3.8, 4) is 0 Å². The molecule has 3 nitrogen and oxygen atoms in total. The van der Waals surface area contributed by atoms with E-state index in [1.165, 1.54) is 31.4 Å². The molecule has 4 rings (SSSR count). The van der Waals surface area contributed by atoms with Gasteiger partial charge in [0.1, 0.15) is 5.82 Å². The molecule has 1 saturated heterocycles. The van der Waals surface area contributed by atoms with Gasteiger partial charge in [0.05, 0.1) is 11.7 Å². The van der Waals surface area contributed by atoms with E-state index >= 15 is 8.78 Å². The van der Waals surface area contributed by atoms with Crippen LogP contribution in [0, 0.1) is 12.8 Å². The second kappa shape index (κ2) is 11.9. The number of aromatic amines is 1. The first kappa shape index (κ1) is 28.7. The number of fused-ring (bicyclic) bond motifs is 2. The van der Waals surface area contributed by atoms with Crippen molar-refractivity contribution in [2.45, 2.75) is 92.7 Å². The number of hydrogen-bond donors (Lipinski definition) is 2. The molecule has 2 heterocycles. The molecule has 2 bridgehead atoms. The Balaban J connectivity index is 0.00000103. The van der Waals surface area contributed by atoms with Crippen LogP contribution in [-0.4, -0.2) is 21.9 Å². The van der Waals surface area contributed by atoms with Crippen molar-refractivity contribution in [2.24, 2.45) is 5.92 Å². The van der Waals surface area contributed by atoms with E-state index in [1.807, 2.05) is 54.5 Å². The molecular weight excluding hydrogens is 440 g/mol. The maximum Gasteiger partial charge on any atom is 0.299 e. The number of aromatic nitrogens is 2. The summed E-state index contributed by atoms with van der Waals surface area (Å²) in [4.78, 5) is 8.28. The van der Waals surface area contributed by atoms with E-state index in [0.717, 1.165) is 28.4 Å². The van der Waals surface area contributed by atoms with Gasteiger partial charge in [-0.2, -0.15) is 8.78 Å². The van der Waals surface area contributed by atoms with Crippen molar-refractivity contribution < 1.29 is 8.78 Å². The number of nitrogens with zero attached hydrogens (tertiary/aromatic N) is 1. The maximum absolute atomic E-state index is 15.0. The van der Waals surface area contributed by atoms with E-state index in [1.54, 1.807) is 13.0 Å². The maximum atomic E-state index is 15.0. The number of H-pyrrole nitrogens is 1. The van der Waals surface area contributed by atoms with Crippen LogP contribution in [0.3, 0.4) is 0 Å². The summed E-state index contributed by atoms with van der Waals surface area (Å²) in [7, 11) is 0. The van der Waals surface area contributed by atoms with Crippen molar-refractivity contribution in [1.29, 1.82) is 0 Å². The lowest BCUT2D eigenvalue weighted by Crippen LogP contribution is -2.29. The van der Waals surface area contributed by atoms with Gasteiger partial charge in [0.25, 0.3) is 5.92 Å². The highest BCUT2D eigenvalue weighted by molar-refractivity contribution is 5.66. The van der Waals surface area contributed by atoms with Gasteiger partial charge in [-0.15, -0.1) is 0 Å². The van der Waals surface area contributed by atoms with Crippen LogP contribution in [-0.2, 0) is 0 Å². The first-order chi connectivity index (χ1) is 16.6. The Morgan fingerprint density at radius 3 is 2.23 bits per heavy atom. The van der Waals surface area contributed by atoms with Crippen LogP contribution in [0.4, 0.5) is 8.78 Å². The van der Waals surface area contributed by atoms with Crippen molar-refractivity contribution in [3.05, 3.63) is 82.0 Å². The summed E-state index contributed by atoms with van der Waals surface area (Å²) in [6, 6.07) is 0.910. The van der Waals surface area contributed by atoms with Gasteiger partial charge in [-0.1, -0.05) is 53.0 Å². The molecule has 3 atom stereocenters. The molecular formula is C30H43F2N3. The number of halogens is 2. The van der Waals surface area contributed by atoms with Gasteiger partial charge in [-0.25, -0.2) is 4.98 Å². The molecule has 5 heteroatoms. The number of alkyl halides is 2. The third-order valence-electron chi connectivity index (χ3n) is 7.07. The summed E-state index contributed by atoms with van der Waals surface area (Å²) in [6.07, 6.45) is 10.0. The molecule has 35 heavy (non-hydrogen) atoms. The summed E-state index contributed by atoms with van der Waals surface area (Å²) >= 11 is 0. The smallest absolute Gasteiger partial charge is 0.299 e. The van der Waals surface area contributed by atoms with Gasteiger partial charge >= 0.3 is 0 Å². The van der Waals surface area contributed by atoms with Gasteiger partial charge in [-0.3, -0.25) is 0 Å². The average molecular weight is 484 g/mol. The fourth-order valence-electron chi connectivity index (χ4n) is 5.05. The number of imidazole rings is 1. The molecule has 1 aromatic rings. The normalized spacial score (nSPS) is 26.5. The fraction of sp³-hybridized carbons (Fsp3) is 0.500. The van der Waals surface area contributed by atoms with Crippen LogP contribution in [0.2, 0.25) is 0 Å². The lowest BCUT2D eigenvalue weighted by Gasteiger charge is -2.20. The van der Waals surface area contributed by atoms with Crippen LogP contribution in [0.1, 0.15) is 91.0 Å². The van der Waals surface area contributed by atoms with Crippen LogP contribution in [0.15, 0.2) is 64.8 Å². The average Bonchev–Trinajstić information content (AvgIpc) is 3.60. The Hall–Kier alpha value is -2.53. The minimum absolute atomic E-state index is 0.00136. The fourth-order valence-corrected chi connectivity index (χ4v) is 5.05. The highest BCUT2D eigenvalue weighted by Gasteiger charge is 2.45. The number of hydrogen-bond acceptors (Lipinski definition) is 2. The molecule has 0 radical (unpaired) electrons. The number of aryl methyl sites for hydroxylation is 1. The molecule has 192 valence electrons. The summed E-state index contributed by atoms with van der Waals surface area (Å²) < 4.78 is 30.0. The molecule has 1 aliphatic heterocycles. The molecule has 0 spiro atoms. The third-order valence-corrected chi connectivity index (χ3v) is 7.07. The van der Waals surface area contributed by atoms with E-state index in [9.17, 15) is 0 Å². The summed E-state index contributed by atoms with van der Waals surface area (Å²) in [5.41, 5.74) is 4.37. The molecule has 3 unspecified atom stereocenters. The highest BCUT2D eigenvalue weighted by Crippen LogP contribution is 2.48. The second-order valence-electron chi connectivity index (χ2n) is 9.11. The minimum atomic E-state index is -3.07. The van der Waals surface area contributed by atoms with Crippen LogP contribution in [0.5, 0.6) is 0 Å². The number of piperidine rings is 1. The zero-order chi connectivity index (χ0) is 26.5. The van der Waals surface area contributed by atoms with Crippen LogP contribution < -0.4 is 5.32 Å². The van der Waals surface area contributed by atoms with E-state index in [-0.39, 0.29) is 11.1 Å². The van der Waals surface area contributed by atoms with Crippen molar-refractivity contribution >= 4 is 6.08 Å². The van der Waals surface area contributed by atoms with Crippen LogP contribution >= 0.6 is 0 Å². The van der Waals surface area contributed by atoms with Crippen molar-refractivity contribution in [1.82, 2.24) is 15.3 Å². The quantitative estimate of drug-likeness (QED) is 0.412. The Morgan fingerprint density at radius 2 is 1.69 bits per heavy atom. The largest absolute Gasteiger partial charge is 0.344 e. The SMILES string of the molecule is C=C/C=C1\C(=C)C(C)=C(/C=C(C)/C(C)=C/c2nc(C3NC4CCC3C4)[nH]c2C)C1(F)F.CC.CC. The first-order valence-corrected chi connectivity index (χ1v) is 12.9. The summed E-state index contributed by atoms with van der Waals surface area (Å²) in [6.45, 7) is 22.9. The van der Waals surface area contributed by atoms with Gasteiger partial charge < -0.3 is 10.3 Å². The third kappa shape index (κ3) is 5.66. The van der Waals surface area contributed by atoms with E-state index in [2.05, 4.69) is 23.5 Å². The van der Waals surface area contributed by atoms with Crippen molar-refractivity contribution in [3.63, 3.8) is 0 Å². The van der Waals surface area contributed by atoms with Crippen LogP contribution in [0.25, 0.3) is 6.08 Å². The first-order valence-electron chi connectivity index (χ1n) is 12.9. The van der Waals surface area contributed by atoms with E-state index in [4.69, 9.17) is 4.98 Å². The Bertz CT molecular complexity index is 1070. The summed E-state index contributed by atoms with van der Waals surface area (Å²) in [5, 5.41) is 3.67. The molecule has 0 amide bonds. The van der Waals surface area contributed by atoms with Gasteiger partial charge in [0.15, 0.2) is 0 Å². The standard InChI is InChI=1S/C26H31F2N3.2C2H6/c1-7-8-21-16(4)17(5)22(26(21,27)28)11-14(2)15(3)12-23-18(6)29-25(31-23)24-19-9-10-20(13-19)30-24;2*1-2/h7-8,11-12,19-20,24,30H,1,4,9-10,13H2,2-3,5-6H3,(H,29,31);2*1-2H3/b14-11+,15-12+,21-8+;;. The summed E-state index contributed by atoms with van der Waals surface area (Å²) in [5.74, 6) is -1.43. The topological polar surface area (TPSA) is 40.7 Å². The monoisotopic (exact) mass is 483 g/mol. The van der Waals surface area contributed by atoms with Crippen molar-refractivity contribution in [2.75, 3.05) is 0 Å². The predicted molar refractivity (Wildman–Crippen MR) is 146 cm³/mol. The molecule has 3 aliphatic rings. The van der Waals surface area contributed by atoms with Gasteiger partial charge in [0.2, 0.25) is 0 Å². The zero-order valence-corrected chi connectivity index (χ0v) is 22.8. The van der Waals surface area contributed by atoms with E-state index < -0.39 is 5.92 Å². The molecule has 1 saturated carbocycles. The van der Waals surface area contributed by atoms with Gasteiger partial charge in [0, 0.05) is 22.9 Å². The minimum Gasteiger partial charge on any atom is -0.344 e. The van der Waals surface area contributed by atoms with E-state index in [0.29, 0.717) is 29.1 Å². The van der Waals surface area contributed by atoms with Gasteiger partial charge in [-0.05, 0) is 87.3 Å². The number of nitrogens with one attached hydrogen (secondary N) is 2.